The van der Waals surface area contributed by atoms with Crippen molar-refractivity contribution in [1.29, 1.82) is 0 Å². The van der Waals surface area contributed by atoms with Gasteiger partial charge in [0.15, 0.2) is 18.2 Å². The highest BCUT2D eigenvalue weighted by molar-refractivity contribution is 5.91. The van der Waals surface area contributed by atoms with Crippen molar-refractivity contribution in [3.05, 3.63) is 57.8 Å². The smallest absolute Gasteiger partial charge is 0.239 e. The molecule has 3 fully saturated rings. The van der Waals surface area contributed by atoms with Crippen LogP contribution < -0.4 is 14.9 Å². The molecular weight excluding hydrogens is 776 g/mol. The summed E-state index contributed by atoms with van der Waals surface area (Å²) < 4.78 is 41.0. The molecule has 0 radical (unpaired) electrons. The van der Waals surface area contributed by atoms with Gasteiger partial charge in [-0.15, -0.1) is 0 Å². The monoisotopic (exact) mass is 824 g/mol. The van der Waals surface area contributed by atoms with E-state index in [0.29, 0.717) is 0 Å². The van der Waals surface area contributed by atoms with Gasteiger partial charge >= 0.3 is 0 Å². The molecule has 20 heteroatoms. The molecule has 6 rings (SSSR count). The highest BCUT2D eigenvalue weighted by Gasteiger charge is 2.51. The molecule has 20 nitrogen and oxygen atoms in total. The molecule has 58 heavy (non-hydrogen) atoms. The normalized spacial score (nSPS) is 35.4. The lowest BCUT2D eigenvalue weighted by Gasteiger charge is -2.45. The van der Waals surface area contributed by atoms with Crippen molar-refractivity contribution in [2.24, 2.45) is 0 Å². The van der Waals surface area contributed by atoms with Crippen LogP contribution in [0.1, 0.15) is 26.3 Å². The van der Waals surface area contributed by atoms with E-state index in [4.69, 9.17) is 32.8 Å². The largest absolute Gasteiger partial charge is 0.508 e. The van der Waals surface area contributed by atoms with Gasteiger partial charge in [-0.3, -0.25) is 4.79 Å². The highest BCUT2D eigenvalue weighted by Crippen LogP contribution is 2.42. The van der Waals surface area contributed by atoms with Crippen LogP contribution in [0.15, 0.2) is 51.2 Å². The Bertz CT molecular complexity index is 1980. The molecule has 15 unspecified atom stereocenters. The number of benzene rings is 2. The molecule has 15 atom stereocenters. The topological polar surface area (TPSA) is 328 Å². The fraction of sp³-hybridized carbons (Fsp3) is 0.553. The second kappa shape index (κ2) is 17.7. The molecule has 12 N–H and O–H groups in total. The SMILES string of the molecule is CC(C)=CCc1c(OC2OC(CO)C(O)C(O)C2O)cc(O)c2c(=O)c(OC3OC(CO)C(O)C(O)C3OC3OC(C)C(O)C(O)C3O)c(-c3ccc(O)cc3)oc12. The van der Waals surface area contributed by atoms with Crippen molar-refractivity contribution in [2.75, 3.05) is 13.2 Å². The third kappa shape index (κ3) is 8.40. The molecule has 2 aromatic carbocycles. The van der Waals surface area contributed by atoms with Crippen LogP contribution in [0.4, 0.5) is 0 Å². The van der Waals surface area contributed by atoms with Gasteiger partial charge in [0.1, 0.15) is 89.3 Å². The van der Waals surface area contributed by atoms with Crippen molar-refractivity contribution in [3.8, 4) is 34.3 Å². The molecule has 0 amide bonds. The van der Waals surface area contributed by atoms with Crippen molar-refractivity contribution in [2.45, 2.75) is 119 Å². The number of phenols is 2. The molecule has 0 aliphatic carbocycles. The molecule has 0 saturated carbocycles. The van der Waals surface area contributed by atoms with Crippen molar-refractivity contribution in [1.82, 2.24) is 0 Å². The van der Waals surface area contributed by atoms with Crippen molar-refractivity contribution >= 4 is 11.0 Å². The maximum atomic E-state index is 14.7. The lowest BCUT2D eigenvalue weighted by atomic mass is 9.97. The molecule has 4 heterocycles. The van der Waals surface area contributed by atoms with E-state index in [0.717, 1.165) is 11.6 Å². The Morgan fingerprint density at radius 1 is 0.724 bits per heavy atom. The minimum atomic E-state index is -1.96. The fourth-order valence-corrected chi connectivity index (χ4v) is 6.86. The summed E-state index contributed by atoms with van der Waals surface area (Å²) in [6, 6.07) is 6.23. The van der Waals surface area contributed by atoms with Gasteiger partial charge in [-0.1, -0.05) is 11.6 Å². The average Bonchev–Trinajstić information content (AvgIpc) is 3.19. The summed E-state index contributed by atoms with van der Waals surface area (Å²) in [6.45, 7) is 3.31. The zero-order valence-corrected chi connectivity index (χ0v) is 31.4. The molecule has 0 bridgehead atoms. The molecule has 1 aromatic heterocycles. The first-order valence-corrected chi connectivity index (χ1v) is 18.4. The average molecular weight is 825 g/mol. The van der Waals surface area contributed by atoms with Gasteiger partial charge < -0.3 is 94.1 Å². The summed E-state index contributed by atoms with van der Waals surface area (Å²) in [5.74, 6) is -2.18. The molecule has 3 aliphatic heterocycles. The second-order valence-corrected chi connectivity index (χ2v) is 14.6. The summed E-state index contributed by atoms with van der Waals surface area (Å²) in [5.41, 5.74) is -0.335. The number of hydrogen-bond acceptors (Lipinski definition) is 20. The van der Waals surface area contributed by atoms with Crippen molar-refractivity contribution < 1.29 is 94.1 Å². The number of ether oxygens (including phenoxy) is 6. The zero-order valence-electron chi connectivity index (χ0n) is 31.4. The van der Waals surface area contributed by atoms with Gasteiger partial charge in [-0.2, -0.15) is 0 Å². The Hall–Kier alpha value is -3.97. The number of allylic oxidation sites excluding steroid dienone is 2. The van der Waals surface area contributed by atoms with Gasteiger partial charge in [0.2, 0.25) is 23.8 Å². The maximum absolute atomic E-state index is 14.7. The predicted octanol–water partition coefficient (Wildman–Crippen LogP) is -2.41. The van der Waals surface area contributed by atoms with Gasteiger partial charge in [0, 0.05) is 17.2 Å². The zero-order chi connectivity index (χ0) is 42.3. The Morgan fingerprint density at radius 3 is 1.93 bits per heavy atom. The van der Waals surface area contributed by atoms with E-state index in [1.54, 1.807) is 19.9 Å². The van der Waals surface area contributed by atoms with Crippen molar-refractivity contribution in [3.63, 3.8) is 0 Å². The van der Waals surface area contributed by atoms with Gasteiger partial charge in [-0.25, -0.2) is 0 Å². The summed E-state index contributed by atoms with van der Waals surface area (Å²) in [6.07, 6.45) is -23.8. The molecular formula is C38H48O20. The van der Waals surface area contributed by atoms with E-state index in [1.807, 2.05) is 0 Å². The minimum absolute atomic E-state index is 0.0311. The fourth-order valence-electron chi connectivity index (χ4n) is 6.86. The first-order chi connectivity index (χ1) is 27.5. The van der Waals surface area contributed by atoms with E-state index in [1.165, 1.54) is 31.2 Å². The number of rotatable bonds is 11. The van der Waals surface area contributed by atoms with E-state index in [-0.39, 0.29) is 40.4 Å². The Balaban J connectivity index is 1.50. The lowest BCUT2D eigenvalue weighted by Crippen LogP contribution is -2.64. The Kier molecular flexibility index (Phi) is 13.3. The van der Waals surface area contributed by atoms with Gasteiger partial charge in [0.25, 0.3) is 0 Å². The predicted molar refractivity (Wildman–Crippen MR) is 194 cm³/mol. The molecule has 3 aliphatic rings. The summed E-state index contributed by atoms with van der Waals surface area (Å²) in [4.78, 5) is 14.7. The minimum Gasteiger partial charge on any atom is -0.508 e. The van der Waals surface area contributed by atoms with E-state index >= 15 is 0 Å². The Morgan fingerprint density at radius 2 is 1.31 bits per heavy atom. The van der Waals surface area contributed by atoms with E-state index < -0.39 is 128 Å². The third-order valence-electron chi connectivity index (χ3n) is 10.3. The number of aromatic hydroxyl groups is 2. The third-order valence-corrected chi connectivity index (χ3v) is 10.3. The number of aliphatic hydroxyl groups is 10. The van der Waals surface area contributed by atoms with Crippen LogP contribution in [0.5, 0.6) is 23.0 Å². The van der Waals surface area contributed by atoms with Crippen LogP contribution in [0.25, 0.3) is 22.3 Å². The Labute approximate surface area is 329 Å². The van der Waals surface area contributed by atoms with Crippen LogP contribution in [-0.4, -0.2) is 167 Å². The molecule has 3 aromatic rings. The number of fused-ring (bicyclic) bond motifs is 1. The van der Waals surface area contributed by atoms with Gasteiger partial charge in [-0.05, 0) is 51.5 Å². The van der Waals surface area contributed by atoms with E-state index in [2.05, 4.69) is 0 Å². The highest BCUT2D eigenvalue weighted by atomic mass is 16.8. The van der Waals surface area contributed by atoms with Crippen LogP contribution >= 0.6 is 0 Å². The van der Waals surface area contributed by atoms with E-state index in [9.17, 15) is 66.1 Å². The standard InChI is InChI=1S/C38H48O20/c1-13(2)4-9-17-19(53-37-31(51)28(48)24(44)20(11-39)54-37)10-18(42)22-26(46)34(32(56-33(17)22)15-5-7-16(41)8-6-15)57-38-35(29(49)25(45)21(12-40)55-38)58-36-30(50)27(47)23(43)14(3)52-36/h4-8,10,14,20-21,23-25,27-31,35-45,47-51H,9,11-12H2,1-3H3. The van der Waals surface area contributed by atoms with Crippen LogP contribution in [0, 0.1) is 0 Å². The number of phenolic OH excluding ortho intramolecular Hbond substituents is 2. The van der Waals surface area contributed by atoms with Crippen LogP contribution in [0.3, 0.4) is 0 Å². The summed E-state index contributed by atoms with van der Waals surface area (Å²) in [5, 5.41) is 125. The maximum Gasteiger partial charge on any atom is 0.239 e. The first kappa shape index (κ1) is 43.6. The molecule has 0 spiro atoms. The summed E-state index contributed by atoms with van der Waals surface area (Å²) in [7, 11) is 0. The quantitative estimate of drug-likeness (QED) is 0.0896. The van der Waals surface area contributed by atoms with Gasteiger partial charge in [0.05, 0.1) is 19.3 Å². The number of hydrogen-bond donors (Lipinski definition) is 12. The lowest BCUT2D eigenvalue weighted by molar-refractivity contribution is -0.354. The first-order valence-electron chi connectivity index (χ1n) is 18.4. The number of aliphatic hydroxyl groups excluding tert-OH is 10. The molecule has 320 valence electrons. The van der Waals surface area contributed by atoms with Crippen LogP contribution in [-0.2, 0) is 25.4 Å². The second-order valence-electron chi connectivity index (χ2n) is 14.6. The van der Waals surface area contributed by atoms with Crippen LogP contribution in [0.2, 0.25) is 0 Å². The molecule has 3 saturated heterocycles. The summed E-state index contributed by atoms with van der Waals surface area (Å²) >= 11 is 0.